The number of para-hydroxylation sites is 1. The highest BCUT2D eigenvalue weighted by atomic mass is 32.2. The quantitative estimate of drug-likeness (QED) is 0.750. The number of ether oxygens (including phenoxy) is 1. The second kappa shape index (κ2) is 8.90. The van der Waals surface area contributed by atoms with Gasteiger partial charge in [-0.25, -0.2) is 8.42 Å². The summed E-state index contributed by atoms with van der Waals surface area (Å²) in [4.78, 5) is 12.5. The Morgan fingerprint density at radius 2 is 1.78 bits per heavy atom. The van der Waals surface area contributed by atoms with E-state index in [0.29, 0.717) is 30.2 Å². The number of nitrogens with zero attached hydrogens (tertiary/aromatic N) is 1. The first-order valence-electron chi connectivity index (χ1n) is 8.85. The number of carbonyl (C=O) groups excluding carboxylic acids is 1. The molecule has 146 valence electrons. The Morgan fingerprint density at radius 1 is 1.11 bits per heavy atom. The third-order valence-corrected chi connectivity index (χ3v) is 5.20. The highest BCUT2D eigenvalue weighted by Crippen LogP contribution is 2.28. The predicted octanol–water partition coefficient (Wildman–Crippen LogP) is 3.36. The summed E-state index contributed by atoms with van der Waals surface area (Å²) in [6.45, 7) is 5.97. The first-order valence-corrected chi connectivity index (χ1v) is 10.7. The minimum Gasteiger partial charge on any atom is -0.494 e. The van der Waals surface area contributed by atoms with Gasteiger partial charge < -0.3 is 10.1 Å². The molecule has 6 nitrogen and oxygen atoms in total. The Bertz CT molecular complexity index is 893. The number of benzene rings is 2. The van der Waals surface area contributed by atoms with Gasteiger partial charge in [0, 0.05) is 5.69 Å². The van der Waals surface area contributed by atoms with Crippen LogP contribution in [0.5, 0.6) is 5.75 Å². The number of anilines is 2. The van der Waals surface area contributed by atoms with Crippen LogP contribution in [0.1, 0.15) is 25.0 Å². The summed E-state index contributed by atoms with van der Waals surface area (Å²) in [6, 6.07) is 12.6. The maximum absolute atomic E-state index is 12.5. The number of sulfonamides is 1. The van der Waals surface area contributed by atoms with Gasteiger partial charge in [0.2, 0.25) is 15.9 Å². The van der Waals surface area contributed by atoms with Crippen LogP contribution < -0.4 is 14.4 Å². The van der Waals surface area contributed by atoms with Gasteiger partial charge >= 0.3 is 0 Å². The van der Waals surface area contributed by atoms with Crippen LogP contribution in [0.15, 0.2) is 42.5 Å². The van der Waals surface area contributed by atoms with Crippen LogP contribution in [0.4, 0.5) is 11.4 Å². The van der Waals surface area contributed by atoms with Crippen LogP contribution in [0, 0.1) is 6.92 Å². The summed E-state index contributed by atoms with van der Waals surface area (Å²) >= 11 is 0. The first-order chi connectivity index (χ1) is 12.8. The number of hydrogen-bond donors (Lipinski definition) is 1. The minimum atomic E-state index is -3.62. The van der Waals surface area contributed by atoms with Crippen molar-refractivity contribution in [2.24, 2.45) is 0 Å². The molecule has 1 amide bonds. The number of rotatable bonds is 8. The topological polar surface area (TPSA) is 75.7 Å². The van der Waals surface area contributed by atoms with Crippen molar-refractivity contribution in [2.75, 3.05) is 29.0 Å². The van der Waals surface area contributed by atoms with Crippen LogP contribution in [-0.4, -0.2) is 33.7 Å². The lowest BCUT2D eigenvalue weighted by atomic mass is 10.1. The Hall–Kier alpha value is -2.54. The van der Waals surface area contributed by atoms with E-state index in [-0.39, 0.29) is 6.54 Å². The molecular formula is C20H26N2O4S. The molecule has 0 atom stereocenters. The molecule has 27 heavy (non-hydrogen) atoms. The molecule has 2 aromatic carbocycles. The second-order valence-electron chi connectivity index (χ2n) is 6.21. The van der Waals surface area contributed by atoms with E-state index < -0.39 is 15.9 Å². The van der Waals surface area contributed by atoms with Gasteiger partial charge in [0.05, 0.1) is 18.6 Å². The smallest absolute Gasteiger partial charge is 0.245 e. The molecule has 0 aliphatic carbocycles. The lowest BCUT2D eigenvalue weighted by molar-refractivity contribution is -0.114. The summed E-state index contributed by atoms with van der Waals surface area (Å²) in [5.74, 6) is 0.302. The fourth-order valence-electron chi connectivity index (χ4n) is 2.86. The third kappa shape index (κ3) is 5.47. The van der Waals surface area contributed by atoms with E-state index in [1.54, 1.807) is 24.3 Å². The molecule has 0 radical (unpaired) electrons. The van der Waals surface area contributed by atoms with Crippen LogP contribution in [-0.2, 0) is 21.2 Å². The average Bonchev–Trinajstić information content (AvgIpc) is 2.61. The third-order valence-electron chi connectivity index (χ3n) is 4.09. The first kappa shape index (κ1) is 20.8. The molecule has 0 saturated heterocycles. The van der Waals surface area contributed by atoms with Gasteiger partial charge in [0.15, 0.2) is 0 Å². The average molecular weight is 391 g/mol. The molecule has 2 aromatic rings. The zero-order valence-corrected chi connectivity index (χ0v) is 17.0. The molecule has 1 N–H and O–H groups in total. The maximum Gasteiger partial charge on any atom is 0.245 e. The van der Waals surface area contributed by atoms with E-state index in [1.165, 1.54) is 4.31 Å². The Kier molecular flexibility index (Phi) is 6.85. The number of hydrogen-bond acceptors (Lipinski definition) is 4. The Labute approximate surface area is 161 Å². The van der Waals surface area contributed by atoms with E-state index in [0.717, 1.165) is 17.4 Å². The summed E-state index contributed by atoms with van der Waals surface area (Å²) in [5, 5.41) is 2.74. The zero-order chi connectivity index (χ0) is 20.0. The van der Waals surface area contributed by atoms with Crippen molar-refractivity contribution in [3.05, 3.63) is 53.6 Å². The monoisotopic (exact) mass is 390 g/mol. The van der Waals surface area contributed by atoms with E-state index in [2.05, 4.69) is 5.32 Å². The maximum atomic E-state index is 12.5. The largest absolute Gasteiger partial charge is 0.494 e. The van der Waals surface area contributed by atoms with Crippen molar-refractivity contribution in [1.29, 1.82) is 0 Å². The lowest BCUT2D eigenvalue weighted by Crippen LogP contribution is -2.38. The van der Waals surface area contributed by atoms with Crippen molar-refractivity contribution in [3.63, 3.8) is 0 Å². The predicted molar refractivity (Wildman–Crippen MR) is 109 cm³/mol. The van der Waals surface area contributed by atoms with E-state index in [9.17, 15) is 13.2 Å². The number of nitrogens with one attached hydrogen (secondary N) is 1. The fraction of sp³-hybridized carbons (Fsp3) is 0.350. The molecule has 0 aromatic heterocycles. The number of amides is 1. The van der Waals surface area contributed by atoms with Crippen molar-refractivity contribution in [3.8, 4) is 5.75 Å². The standard InChI is InChI=1S/C20H26N2O4S/c1-5-16-9-7-8-15(3)20(16)22(27(4,24)25)14-19(23)21-17-10-12-18(13-11-17)26-6-2/h7-13H,5-6,14H2,1-4H3,(H,21,23). The molecule has 0 bridgehead atoms. The molecule has 0 spiro atoms. The molecule has 0 heterocycles. The molecule has 0 unspecified atom stereocenters. The molecule has 0 aliphatic rings. The van der Waals surface area contributed by atoms with E-state index in [1.807, 2.05) is 39.0 Å². The van der Waals surface area contributed by atoms with Gasteiger partial charge in [-0.1, -0.05) is 25.1 Å². The summed E-state index contributed by atoms with van der Waals surface area (Å²) in [6.07, 6.45) is 1.78. The highest BCUT2D eigenvalue weighted by Gasteiger charge is 2.24. The molecule has 0 aliphatic heterocycles. The summed E-state index contributed by atoms with van der Waals surface area (Å²) < 4.78 is 31.3. The van der Waals surface area contributed by atoms with Gasteiger partial charge in [-0.05, 0) is 55.7 Å². The van der Waals surface area contributed by atoms with Crippen molar-refractivity contribution in [1.82, 2.24) is 0 Å². The summed E-state index contributed by atoms with van der Waals surface area (Å²) in [5.41, 5.74) is 2.85. The highest BCUT2D eigenvalue weighted by molar-refractivity contribution is 7.92. The molecule has 0 saturated carbocycles. The number of carbonyl (C=O) groups is 1. The van der Waals surface area contributed by atoms with E-state index >= 15 is 0 Å². The zero-order valence-electron chi connectivity index (χ0n) is 16.2. The normalized spacial score (nSPS) is 11.1. The SMILES string of the molecule is CCOc1ccc(NC(=O)CN(c2c(C)cccc2CC)S(C)(=O)=O)cc1. The van der Waals surface area contributed by atoms with Gasteiger partial charge in [0.25, 0.3) is 0 Å². The van der Waals surface area contributed by atoms with Crippen LogP contribution in [0.3, 0.4) is 0 Å². The molecule has 0 fully saturated rings. The van der Waals surface area contributed by atoms with Gasteiger partial charge in [0.1, 0.15) is 12.3 Å². The van der Waals surface area contributed by atoms with Gasteiger partial charge in [-0.3, -0.25) is 9.10 Å². The molecule has 2 rings (SSSR count). The van der Waals surface area contributed by atoms with E-state index in [4.69, 9.17) is 4.74 Å². The number of aryl methyl sites for hydroxylation is 2. The molecule has 7 heteroatoms. The van der Waals surface area contributed by atoms with Gasteiger partial charge in [-0.2, -0.15) is 0 Å². The van der Waals surface area contributed by atoms with Crippen molar-refractivity contribution >= 4 is 27.3 Å². The molecular weight excluding hydrogens is 364 g/mol. The Balaban J connectivity index is 2.23. The fourth-order valence-corrected chi connectivity index (χ4v) is 3.80. The second-order valence-corrected chi connectivity index (χ2v) is 8.12. The Morgan fingerprint density at radius 3 is 2.33 bits per heavy atom. The van der Waals surface area contributed by atoms with Crippen LogP contribution in [0.2, 0.25) is 0 Å². The van der Waals surface area contributed by atoms with Crippen LogP contribution >= 0.6 is 0 Å². The van der Waals surface area contributed by atoms with Gasteiger partial charge in [-0.15, -0.1) is 0 Å². The van der Waals surface area contributed by atoms with Crippen molar-refractivity contribution in [2.45, 2.75) is 27.2 Å². The van der Waals surface area contributed by atoms with Crippen LogP contribution in [0.25, 0.3) is 0 Å². The minimum absolute atomic E-state index is 0.288. The van der Waals surface area contributed by atoms with Crippen molar-refractivity contribution < 1.29 is 17.9 Å². The lowest BCUT2D eigenvalue weighted by Gasteiger charge is -2.26. The summed E-state index contributed by atoms with van der Waals surface area (Å²) in [7, 11) is -3.62.